The third kappa shape index (κ3) is 3.95. The Bertz CT molecular complexity index is 441. The van der Waals surface area contributed by atoms with Crippen molar-refractivity contribution in [1.82, 2.24) is 0 Å². The fourth-order valence-electron chi connectivity index (χ4n) is 1.73. The number of rotatable bonds is 6. The minimum Gasteiger partial charge on any atom is -0.462 e. The van der Waals surface area contributed by atoms with Crippen LogP contribution in [0.2, 0.25) is 0 Å². The number of carbonyl (C=O) groups is 2. The molecule has 18 heavy (non-hydrogen) atoms. The standard InChI is InChI=1S/C14H17BrO3/c1-3-10-7-12(14(17)18-4-2)6-5-11(10)8-13(16)9-15/h5-7H,3-4,8-9H2,1-2H3. The van der Waals surface area contributed by atoms with Crippen LogP contribution in [0.3, 0.4) is 0 Å². The van der Waals surface area contributed by atoms with E-state index in [0.29, 0.717) is 23.9 Å². The average Bonchev–Trinajstić information content (AvgIpc) is 2.39. The van der Waals surface area contributed by atoms with Gasteiger partial charge in [-0.3, -0.25) is 4.79 Å². The first-order chi connectivity index (χ1) is 8.62. The third-order valence-corrected chi connectivity index (χ3v) is 3.26. The molecule has 0 bridgehead atoms. The molecule has 0 aliphatic heterocycles. The SMILES string of the molecule is CCOC(=O)c1ccc(CC(=O)CBr)c(CC)c1. The number of aryl methyl sites for hydroxylation is 1. The second-order valence-electron chi connectivity index (χ2n) is 3.91. The van der Waals surface area contributed by atoms with Gasteiger partial charge in [-0.15, -0.1) is 0 Å². The lowest BCUT2D eigenvalue weighted by atomic mass is 9.98. The predicted octanol–water partition coefficient (Wildman–Crippen LogP) is 2.93. The molecule has 98 valence electrons. The van der Waals surface area contributed by atoms with Crippen molar-refractivity contribution in [3.8, 4) is 0 Å². The van der Waals surface area contributed by atoms with Crippen molar-refractivity contribution in [3.05, 3.63) is 34.9 Å². The largest absolute Gasteiger partial charge is 0.462 e. The van der Waals surface area contributed by atoms with Crippen LogP contribution in [0.1, 0.15) is 35.3 Å². The molecule has 0 spiro atoms. The van der Waals surface area contributed by atoms with E-state index in [1.54, 1.807) is 13.0 Å². The van der Waals surface area contributed by atoms with Gasteiger partial charge >= 0.3 is 5.97 Å². The molecule has 0 aromatic heterocycles. The molecule has 0 N–H and O–H groups in total. The summed E-state index contributed by atoms with van der Waals surface area (Å²) in [5.41, 5.74) is 2.55. The Labute approximate surface area is 116 Å². The third-order valence-electron chi connectivity index (χ3n) is 2.63. The molecule has 0 radical (unpaired) electrons. The maximum atomic E-state index is 11.6. The maximum Gasteiger partial charge on any atom is 0.338 e. The summed E-state index contributed by atoms with van der Waals surface area (Å²) < 4.78 is 4.96. The fraction of sp³-hybridized carbons (Fsp3) is 0.429. The van der Waals surface area contributed by atoms with Gasteiger partial charge in [-0.25, -0.2) is 4.79 Å². The molecule has 3 nitrogen and oxygen atoms in total. The summed E-state index contributed by atoms with van der Waals surface area (Å²) in [6.07, 6.45) is 1.19. The summed E-state index contributed by atoms with van der Waals surface area (Å²) in [5.74, 6) is -0.181. The summed E-state index contributed by atoms with van der Waals surface area (Å²) in [6.45, 7) is 4.15. The summed E-state index contributed by atoms with van der Waals surface area (Å²) in [7, 11) is 0. The predicted molar refractivity (Wildman–Crippen MR) is 74.3 cm³/mol. The van der Waals surface area contributed by atoms with Crippen LogP contribution < -0.4 is 0 Å². The van der Waals surface area contributed by atoms with Crippen LogP contribution in [0.5, 0.6) is 0 Å². The van der Waals surface area contributed by atoms with E-state index in [2.05, 4.69) is 15.9 Å². The van der Waals surface area contributed by atoms with Crippen molar-refractivity contribution in [2.75, 3.05) is 11.9 Å². The smallest absolute Gasteiger partial charge is 0.338 e. The molecule has 1 aromatic carbocycles. The van der Waals surface area contributed by atoms with E-state index in [1.165, 1.54) is 0 Å². The van der Waals surface area contributed by atoms with Gasteiger partial charge in [-0.1, -0.05) is 28.9 Å². The Morgan fingerprint density at radius 3 is 2.50 bits per heavy atom. The van der Waals surface area contributed by atoms with E-state index in [4.69, 9.17) is 4.74 Å². The first-order valence-electron chi connectivity index (χ1n) is 5.98. The normalized spacial score (nSPS) is 10.2. The molecule has 0 saturated carbocycles. The monoisotopic (exact) mass is 312 g/mol. The van der Waals surface area contributed by atoms with Crippen molar-refractivity contribution in [2.45, 2.75) is 26.7 Å². The van der Waals surface area contributed by atoms with Crippen molar-refractivity contribution in [3.63, 3.8) is 0 Å². The van der Waals surface area contributed by atoms with Gasteiger partial charge in [0.2, 0.25) is 0 Å². The van der Waals surface area contributed by atoms with Gasteiger partial charge in [0.15, 0.2) is 0 Å². The Morgan fingerprint density at radius 1 is 1.22 bits per heavy atom. The summed E-state index contributed by atoms with van der Waals surface area (Å²) in [4.78, 5) is 23.0. The first-order valence-corrected chi connectivity index (χ1v) is 7.11. The summed E-state index contributed by atoms with van der Waals surface area (Å²) >= 11 is 3.15. The molecular formula is C14H17BrO3. The van der Waals surface area contributed by atoms with Crippen LogP contribution in [-0.2, 0) is 22.4 Å². The van der Waals surface area contributed by atoms with E-state index in [-0.39, 0.29) is 11.8 Å². The maximum absolute atomic E-state index is 11.6. The number of esters is 1. The molecule has 0 amide bonds. The number of carbonyl (C=O) groups excluding carboxylic acids is 2. The highest BCUT2D eigenvalue weighted by atomic mass is 79.9. The van der Waals surface area contributed by atoms with E-state index in [0.717, 1.165) is 17.5 Å². The Balaban J connectivity index is 2.96. The molecule has 0 atom stereocenters. The van der Waals surface area contributed by atoms with E-state index in [1.807, 2.05) is 19.1 Å². The number of Topliss-reactive ketones (excluding diaryl/α,β-unsaturated/α-hetero) is 1. The minimum absolute atomic E-state index is 0.133. The zero-order chi connectivity index (χ0) is 13.5. The molecule has 4 heteroatoms. The molecule has 0 aliphatic carbocycles. The Kier molecular flexibility index (Phi) is 6.05. The second-order valence-corrected chi connectivity index (χ2v) is 4.47. The number of ether oxygens (including phenoxy) is 1. The molecule has 0 saturated heterocycles. The molecule has 0 aliphatic rings. The molecule has 1 aromatic rings. The van der Waals surface area contributed by atoms with Crippen LogP contribution in [0.15, 0.2) is 18.2 Å². The van der Waals surface area contributed by atoms with Crippen LogP contribution in [0.25, 0.3) is 0 Å². The van der Waals surface area contributed by atoms with Gasteiger partial charge in [-0.2, -0.15) is 0 Å². The molecule has 0 fully saturated rings. The number of benzene rings is 1. The fourth-order valence-corrected chi connectivity index (χ4v) is 1.93. The lowest BCUT2D eigenvalue weighted by Gasteiger charge is -2.09. The summed E-state index contributed by atoms with van der Waals surface area (Å²) in [6, 6.07) is 5.37. The van der Waals surface area contributed by atoms with Gasteiger partial charge in [-0.05, 0) is 36.6 Å². The minimum atomic E-state index is -0.314. The van der Waals surface area contributed by atoms with Gasteiger partial charge in [0.05, 0.1) is 17.5 Å². The lowest BCUT2D eigenvalue weighted by Crippen LogP contribution is -2.09. The van der Waals surface area contributed by atoms with Gasteiger partial charge in [0.1, 0.15) is 5.78 Å². The molecule has 1 rings (SSSR count). The van der Waals surface area contributed by atoms with Crippen LogP contribution in [0, 0.1) is 0 Å². The average molecular weight is 313 g/mol. The van der Waals surface area contributed by atoms with Crippen molar-refractivity contribution >= 4 is 27.7 Å². The number of ketones is 1. The highest BCUT2D eigenvalue weighted by Crippen LogP contribution is 2.15. The molecule has 0 heterocycles. The number of alkyl halides is 1. The van der Waals surface area contributed by atoms with E-state index >= 15 is 0 Å². The second kappa shape index (κ2) is 7.31. The van der Waals surface area contributed by atoms with Crippen molar-refractivity contribution < 1.29 is 14.3 Å². The van der Waals surface area contributed by atoms with Gasteiger partial charge < -0.3 is 4.74 Å². The van der Waals surface area contributed by atoms with E-state index in [9.17, 15) is 9.59 Å². The Hall–Kier alpha value is -1.16. The highest BCUT2D eigenvalue weighted by molar-refractivity contribution is 9.09. The van der Waals surface area contributed by atoms with Crippen molar-refractivity contribution in [1.29, 1.82) is 0 Å². The zero-order valence-corrected chi connectivity index (χ0v) is 12.2. The first kappa shape index (κ1) is 14.9. The van der Waals surface area contributed by atoms with Crippen LogP contribution in [-0.4, -0.2) is 23.7 Å². The quantitative estimate of drug-likeness (QED) is 0.599. The van der Waals surface area contributed by atoms with E-state index < -0.39 is 0 Å². The Morgan fingerprint density at radius 2 is 1.94 bits per heavy atom. The topological polar surface area (TPSA) is 43.4 Å². The van der Waals surface area contributed by atoms with Crippen LogP contribution >= 0.6 is 15.9 Å². The number of halogens is 1. The van der Waals surface area contributed by atoms with Crippen LogP contribution in [0.4, 0.5) is 0 Å². The number of hydrogen-bond acceptors (Lipinski definition) is 3. The number of hydrogen-bond donors (Lipinski definition) is 0. The molecular weight excluding hydrogens is 296 g/mol. The van der Waals surface area contributed by atoms with Gasteiger partial charge in [0.25, 0.3) is 0 Å². The summed E-state index contributed by atoms with van der Waals surface area (Å²) in [5, 5.41) is 0.357. The molecule has 0 unspecified atom stereocenters. The lowest BCUT2D eigenvalue weighted by molar-refractivity contribution is -0.115. The zero-order valence-electron chi connectivity index (χ0n) is 10.7. The van der Waals surface area contributed by atoms with Crippen molar-refractivity contribution in [2.24, 2.45) is 0 Å². The van der Waals surface area contributed by atoms with Gasteiger partial charge in [0, 0.05) is 6.42 Å². The highest BCUT2D eigenvalue weighted by Gasteiger charge is 2.11.